The molecule has 2 saturated heterocycles. The van der Waals surface area contributed by atoms with Crippen molar-refractivity contribution in [2.45, 2.75) is 69.5 Å². The highest BCUT2D eigenvalue weighted by Crippen LogP contribution is 2.59. The van der Waals surface area contributed by atoms with Crippen LogP contribution < -0.4 is 4.74 Å². The average molecular weight is 473 g/mol. The molecule has 0 unspecified atom stereocenters. The summed E-state index contributed by atoms with van der Waals surface area (Å²) in [5.41, 5.74) is 1.52. The van der Waals surface area contributed by atoms with Crippen molar-refractivity contribution in [3.05, 3.63) is 47.6 Å². The Morgan fingerprint density at radius 1 is 1.26 bits per heavy atom. The largest absolute Gasteiger partial charge is 0.491 e. The standard InChI is InChI=1S/C27H36O7/c1-18(2)5-11-22-26(3,34-22)25-24(30-4)21(13-14-27(25)17-32-27)33-23(29)12-8-19-6-9-20(10-7-19)31-16-15-28/h5-10,12,21-22,24-25,28H,11,13-17H2,1-4H3/t21-,22-,24-,25-,26+,27+/m1/s1. The van der Waals surface area contributed by atoms with Crippen molar-refractivity contribution in [3.63, 3.8) is 0 Å². The predicted octanol–water partition coefficient (Wildman–Crippen LogP) is 3.69. The molecule has 2 aliphatic heterocycles. The number of rotatable bonds is 10. The number of aliphatic hydroxyl groups excluding tert-OH is 1. The van der Waals surface area contributed by atoms with Crippen LogP contribution in [-0.4, -0.2) is 67.5 Å². The summed E-state index contributed by atoms with van der Waals surface area (Å²) in [5.74, 6) is 0.268. The van der Waals surface area contributed by atoms with E-state index in [1.54, 1.807) is 25.3 Å². The van der Waals surface area contributed by atoms with Crippen molar-refractivity contribution in [2.75, 3.05) is 26.9 Å². The van der Waals surface area contributed by atoms with E-state index in [4.69, 9.17) is 28.8 Å². The van der Waals surface area contributed by atoms with E-state index in [2.05, 4.69) is 26.8 Å². The number of esters is 1. The molecule has 1 spiro atoms. The molecular weight excluding hydrogens is 436 g/mol. The molecule has 7 nitrogen and oxygen atoms in total. The Bertz CT molecular complexity index is 913. The second kappa shape index (κ2) is 10.2. The summed E-state index contributed by atoms with van der Waals surface area (Å²) in [6.07, 6.45) is 7.20. The molecule has 3 fully saturated rings. The number of epoxide rings is 2. The Kier molecular flexibility index (Phi) is 7.48. The third-order valence-electron chi connectivity index (χ3n) is 7.16. The molecule has 4 rings (SSSR count). The number of aliphatic hydroxyl groups is 1. The zero-order valence-electron chi connectivity index (χ0n) is 20.5. The maximum atomic E-state index is 12.7. The molecule has 1 aromatic rings. The minimum atomic E-state index is -0.401. The van der Waals surface area contributed by atoms with Gasteiger partial charge in [-0.15, -0.1) is 0 Å². The number of carbonyl (C=O) groups excluding carboxylic acids is 1. The molecule has 0 radical (unpaired) electrons. The molecule has 6 atom stereocenters. The molecule has 7 heteroatoms. The van der Waals surface area contributed by atoms with Crippen LogP contribution >= 0.6 is 0 Å². The van der Waals surface area contributed by atoms with Gasteiger partial charge in [0.05, 0.1) is 25.2 Å². The molecule has 186 valence electrons. The monoisotopic (exact) mass is 472 g/mol. The second-order valence-corrected chi connectivity index (χ2v) is 9.83. The van der Waals surface area contributed by atoms with Gasteiger partial charge < -0.3 is 28.8 Å². The van der Waals surface area contributed by atoms with E-state index >= 15 is 0 Å². The van der Waals surface area contributed by atoms with Crippen molar-refractivity contribution >= 4 is 12.0 Å². The summed E-state index contributed by atoms with van der Waals surface area (Å²) < 4.78 is 29.3. The van der Waals surface area contributed by atoms with E-state index in [0.717, 1.165) is 18.4 Å². The van der Waals surface area contributed by atoms with Crippen molar-refractivity contribution in [1.82, 2.24) is 0 Å². The highest BCUT2D eigenvalue weighted by Gasteiger charge is 2.72. The van der Waals surface area contributed by atoms with E-state index in [9.17, 15) is 4.79 Å². The van der Waals surface area contributed by atoms with Gasteiger partial charge in [-0.3, -0.25) is 0 Å². The van der Waals surface area contributed by atoms with E-state index in [1.165, 1.54) is 11.6 Å². The first-order valence-electron chi connectivity index (χ1n) is 12.0. The van der Waals surface area contributed by atoms with Gasteiger partial charge in [-0.1, -0.05) is 23.8 Å². The number of methoxy groups -OCH3 is 1. The molecule has 2 heterocycles. The number of ether oxygens (including phenoxy) is 5. The highest BCUT2D eigenvalue weighted by atomic mass is 16.6. The Balaban J connectivity index is 1.39. The van der Waals surface area contributed by atoms with Gasteiger partial charge in [0.2, 0.25) is 0 Å². The van der Waals surface area contributed by atoms with Crippen molar-refractivity contribution in [3.8, 4) is 5.75 Å². The minimum Gasteiger partial charge on any atom is -0.491 e. The average Bonchev–Trinajstić information content (AvgIpc) is 3.74. The maximum absolute atomic E-state index is 12.7. The van der Waals surface area contributed by atoms with Gasteiger partial charge in [-0.25, -0.2) is 4.79 Å². The van der Waals surface area contributed by atoms with Gasteiger partial charge in [0, 0.05) is 13.2 Å². The zero-order chi connectivity index (χ0) is 24.3. The summed E-state index contributed by atoms with van der Waals surface area (Å²) in [5, 5.41) is 8.84. The number of benzene rings is 1. The first kappa shape index (κ1) is 24.9. The third kappa shape index (κ3) is 5.38. The lowest BCUT2D eigenvalue weighted by Crippen LogP contribution is -2.55. The quantitative estimate of drug-likeness (QED) is 0.240. The number of hydrogen-bond donors (Lipinski definition) is 1. The van der Waals surface area contributed by atoms with Gasteiger partial charge in [-0.2, -0.15) is 0 Å². The van der Waals surface area contributed by atoms with Gasteiger partial charge in [0.25, 0.3) is 0 Å². The molecule has 0 amide bonds. The van der Waals surface area contributed by atoms with Crippen molar-refractivity contribution in [1.29, 1.82) is 0 Å². The van der Waals surface area contributed by atoms with Crippen molar-refractivity contribution in [2.24, 2.45) is 5.92 Å². The van der Waals surface area contributed by atoms with E-state index in [1.807, 2.05) is 12.1 Å². The van der Waals surface area contributed by atoms with Crippen LogP contribution in [-0.2, 0) is 23.7 Å². The molecule has 0 bridgehead atoms. The van der Waals surface area contributed by atoms with Gasteiger partial charge >= 0.3 is 5.97 Å². The summed E-state index contributed by atoms with van der Waals surface area (Å²) in [7, 11) is 1.67. The molecule has 3 aliphatic rings. The smallest absolute Gasteiger partial charge is 0.331 e. The number of hydrogen-bond acceptors (Lipinski definition) is 7. The lowest BCUT2D eigenvalue weighted by molar-refractivity contribution is -0.166. The molecule has 1 aliphatic carbocycles. The van der Waals surface area contributed by atoms with Crippen LogP contribution in [0.1, 0.15) is 45.6 Å². The van der Waals surface area contributed by atoms with E-state index in [-0.39, 0.29) is 48.6 Å². The Morgan fingerprint density at radius 2 is 2.00 bits per heavy atom. The number of allylic oxidation sites excluding steroid dienone is 1. The van der Waals surface area contributed by atoms with E-state index < -0.39 is 5.97 Å². The first-order valence-corrected chi connectivity index (χ1v) is 12.0. The second-order valence-electron chi connectivity index (χ2n) is 9.83. The van der Waals surface area contributed by atoms with Gasteiger partial charge in [0.15, 0.2) is 0 Å². The van der Waals surface area contributed by atoms with Crippen LogP contribution in [0, 0.1) is 5.92 Å². The first-order chi connectivity index (χ1) is 16.3. The molecular formula is C27H36O7. The number of carbonyl (C=O) groups is 1. The van der Waals surface area contributed by atoms with Gasteiger partial charge in [-0.05, 0) is 63.8 Å². The van der Waals surface area contributed by atoms with Gasteiger partial charge in [0.1, 0.15) is 35.8 Å². The van der Waals surface area contributed by atoms with Crippen molar-refractivity contribution < 1.29 is 33.6 Å². The van der Waals surface area contributed by atoms with Crippen LogP contribution in [0.25, 0.3) is 6.08 Å². The fraction of sp³-hybridized carbons (Fsp3) is 0.593. The topological polar surface area (TPSA) is 90.1 Å². The maximum Gasteiger partial charge on any atom is 0.331 e. The minimum absolute atomic E-state index is 0.00237. The predicted molar refractivity (Wildman–Crippen MR) is 127 cm³/mol. The summed E-state index contributed by atoms with van der Waals surface area (Å²) in [6, 6.07) is 7.28. The van der Waals surface area contributed by atoms with E-state index in [0.29, 0.717) is 18.8 Å². The zero-order valence-corrected chi connectivity index (χ0v) is 20.5. The molecule has 1 aromatic carbocycles. The van der Waals surface area contributed by atoms with Crippen LogP contribution in [0.3, 0.4) is 0 Å². The van der Waals surface area contributed by atoms with Crippen LogP contribution in [0.2, 0.25) is 0 Å². The molecule has 1 saturated carbocycles. The Hall–Kier alpha value is -2.19. The fourth-order valence-electron chi connectivity index (χ4n) is 5.26. The van der Waals surface area contributed by atoms with Crippen LogP contribution in [0.5, 0.6) is 5.75 Å². The molecule has 34 heavy (non-hydrogen) atoms. The third-order valence-corrected chi connectivity index (χ3v) is 7.16. The summed E-state index contributed by atoms with van der Waals surface area (Å²) in [6.45, 7) is 7.22. The van der Waals surface area contributed by atoms with Crippen LogP contribution in [0.4, 0.5) is 0 Å². The Labute approximate surface area is 201 Å². The molecule has 0 aromatic heterocycles. The molecule has 1 N–H and O–H groups in total. The highest BCUT2D eigenvalue weighted by molar-refractivity contribution is 5.87. The van der Waals surface area contributed by atoms with Crippen LogP contribution in [0.15, 0.2) is 42.0 Å². The normalized spacial score (nSPS) is 34.1. The lowest BCUT2D eigenvalue weighted by Gasteiger charge is -2.42. The summed E-state index contributed by atoms with van der Waals surface area (Å²) in [4.78, 5) is 12.7. The lowest BCUT2D eigenvalue weighted by atomic mass is 9.68. The Morgan fingerprint density at radius 3 is 2.62 bits per heavy atom. The summed E-state index contributed by atoms with van der Waals surface area (Å²) >= 11 is 0. The fourth-order valence-corrected chi connectivity index (χ4v) is 5.26. The SMILES string of the molecule is CO[C@@H]1[C@H](OC(=O)C=Cc2ccc(OCCO)cc2)CC[C@]2(CO2)[C@H]1[C@@]1(C)O[C@@H]1CC=C(C)C.